The van der Waals surface area contributed by atoms with E-state index in [4.69, 9.17) is 0 Å². The molecule has 0 radical (unpaired) electrons. The summed E-state index contributed by atoms with van der Waals surface area (Å²) in [4.78, 5) is 11.9. The number of nitrogens with one attached hydrogen (secondary N) is 1. The molecule has 0 fully saturated rings. The Bertz CT molecular complexity index is 554. The van der Waals surface area contributed by atoms with E-state index in [9.17, 15) is 4.79 Å². The molecule has 0 saturated carbocycles. The Morgan fingerprint density at radius 1 is 1.28 bits per heavy atom. The van der Waals surface area contributed by atoms with Crippen LogP contribution in [-0.2, 0) is 4.79 Å². The highest BCUT2D eigenvalue weighted by Gasteiger charge is 2.26. The maximum Gasteiger partial charge on any atom is 0.182 e. The van der Waals surface area contributed by atoms with E-state index in [0.717, 1.165) is 18.5 Å². The fourth-order valence-electron chi connectivity index (χ4n) is 2.81. The lowest BCUT2D eigenvalue weighted by Gasteiger charge is -2.30. The molecular formula is C16H17NO. The molecule has 3 rings (SSSR count). The minimum atomic E-state index is 0.228. The number of Topliss-reactive ketones (excluding diaryl/α,β-unsaturated/α-hetero) is 1. The lowest BCUT2D eigenvalue weighted by Crippen LogP contribution is -2.31. The number of hydrogen-bond acceptors (Lipinski definition) is 2. The number of benzene rings is 1. The highest BCUT2D eigenvalue weighted by Crippen LogP contribution is 2.32. The van der Waals surface area contributed by atoms with E-state index in [1.54, 1.807) is 0 Å². The maximum absolute atomic E-state index is 11.9. The smallest absolute Gasteiger partial charge is 0.182 e. The van der Waals surface area contributed by atoms with Crippen LogP contribution in [0, 0.1) is 6.92 Å². The van der Waals surface area contributed by atoms with Crippen LogP contribution in [0.25, 0.3) is 0 Å². The zero-order valence-electron chi connectivity index (χ0n) is 10.6. The monoisotopic (exact) mass is 239 g/mol. The maximum atomic E-state index is 11.9. The Morgan fingerprint density at radius 2 is 2.11 bits per heavy atom. The van der Waals surface area contributed by atoms with Gasteiger partial charge in [0.25, 0.3) is 0 Å². The number of carbonyl (C=O) groups is 1. The molecule has 0 amide bonds. The number of aryl methyl sites for hydroxylation is 1. The number of allylic oxidation sites excluding steroid dienone is 4. The van der Waals surface area contributed by atoms with Gasteiger partial charge < -0.3 is 5.32 Å². The predicted molar refractivity (Wildman–Crippen MR) is 72.1 cm³/mol. The minimum absolute atomic E-state index is 0.228. The number of ketones is 1. The quantitative estimate of drug-likeness (QED) is 0.815. The first-order valence-corrected chi connectivity index (χ1v) is 6.50. The van der Waals surface area contributed by atoms with Crippen molar-refractivity contribution in [3.63, 3.8) is 0 Å². The summed E-state index contributed by atoms with van der Waals surface area (Å²) < 4.78 is 0. The second-order valence-corrected chi connectivity index (χ2v) is 5.02. The van der Waals surface area contributed by atoms with E-state index in [-0.39, 0.29) is 11.8 Å². The Hall–Kier alpha value is -1.83. The first-order valence-electron chi connectivity index (χ1n) is 6.50. The zero-order valence-corrected chi connectivity index (χ0v) is 10.6. The summed E-state index contributed by atoms with van der Waals surface area (Å²) >= 11 is 0. The van der Waals surface area contributed by atoms with Gasteiger partial charge in [-0.1, -0.05) is 36.4 Å². The second-order valence-electron chi connectivity index (χ2n) is 5.02. The Labute approximate surface area is 107 Å². The molecule has 0 bridgehead atoms. The SMILES string of the molecule is Cc1ccccc1C1CCC2=C(N1)C(=O)CC=C2. The van der Waals surface area contributed by atoms with Crippen LogP contribution in [0.4, 0.5) is 0 Å². The van der Waals surface area contributed by atoms with Crippen LogP contribution in [0.2, 0.25) is 0 Å². The van der Waals surface area contributed by atoms with Crippen LogP contribution in [-0.4, -0.2) is 5.78 Å². The van der Waals surface area contributed by atoms with E-state index in [0.29, 0.717) is 6.42 Å². The molecular weight excluding hydrogens is 222 g/mol. The third kappa shape index (κ3) is 1.88. The molecule has 2 aliphatic rings. The largest absolute Gasteiger partial charge is 0.375 e. The van der Waals surface area contributed by atoms with Crippen molar-refractivity contribution in [2.24, 2.45) is 0 Å². The molecule has 0 saturated heterocycles. The van der Waals surface area contributed by atoms with Gasteiger partial charge in [-0.2, -0.15) is 0 Å². The lowest BCUT2D eigenvalue weighted by atomic mass is 9.88. The fraction of sp³-hybridized carbons (Fsp3) is 0.312. The van der Waals surface area contributed by atoms with Crippen LogP contribution in [0.1, 0.15) is 36.4 Å². The summed E-state index contributed by atoms with van der Waals surface area (Å²) in [5.41, 5.74) is 4.62. The molecule has 0 aromatic heterocycles. The Balaban J connectivity index is 1.91. The molecule has 1 unspecified atom stereocenters. The second kappa shape index (κ2) is 4.45. The fourth-order valence-corrected chi connectivity index (χ4v) is 2.81. The summed E-state index contributed by atoms with van der Waals surface area (Å²) in [5, 5.41) is 3.44. The molecule has 1 aliphatic carbocycles. The van der Waals surface area contributed by atoms with E-state index in [2.05, 4.69) is 42.6 Å². The van der Waals surface area contributed by atoms with Crippen LogP contribution in [0.5, 0.6) is 0 Å². The van der Waals surface area contributed by atoms with Gasteiger partial charge in [0.15, 0.2) is 5.78 Å². The summed E-state index contributed by atoms with van der Waals surface area (Å²) in [6.07, 6.45) is 6.64. The van der Waals surface area contributed by atoms with Crippen molar-refractivity contribution >= 4 is 5.78 Å². The summed E-state index contributed by atoms with van der Waals surface area (Å²) in [5.74, 6) is 0.228. The van der Waals surface area contributed by atoms with Crippen molar-refractivity contribution in [2.75, 3.05) is 0 Å². The van der Waals surface area contributed by atoms with E-state index >= 15 is 0 Å². The molecule has 1 aromatic carbocycles. The highest BCUT2D eigenvalue weighted by atomic mass is 16.1. The van der Waals surface area contributed by atoms with Gasteiger partial charge in [-0.25, -0.2) is 0 Å². The molecule has 2 nitrogen and oxygen atoms in total. The number of hydrogen-bond donors (Lipinski definition) is 1. The molecule has 1 atom stereocenters. The normalized spacial score (nSPS) is 22.7. The lowest BCUT2D eigenvalue weighted by molar-refractivity contribution is -0.115. The standard InChI is InChI=1S/C16H17NO/c1-11-5-2-3-7-13(11)14-10-9-12-6-4-8-15(18)16(12)17-14/h2-7,14,17H,8-10H2,1H3. The van der Waals surface area contributed by atoms with Gasteiger partial charge in [-0.05, 0) is 36.5 Å². The average Bonchev–Trinajstić information content (AvgIpc) is 2.40. The first-order chi connectivity index (χ1) is 8.75. The molecule has 2 heteroatoms. The highest BCUT2D eigenvalue weighted by molar-refractivity contribution is 5.98. The third-order valence-corrected chi connectivity index (χ3v) is 3.81. The van der Waals surface area contributed by atoms with Crippen LogP contribution in [0.15, 0.2) is 47.7 Å². The van der Waals surface area contributed by atoms with Crippen molar-refractivity contribution in [2.45, 2.75) is 32.2 Å². The van der Waals surface area contributed by atoms with Crippen molar-refractivity contribution in [1.29, 1.82) is 0 Å². The topological polar surface area (TPSA) is 29.1 Å². The molecule has 1 aliphatic heterocycles. The number of carbonyl (C=O) groups excluding carboxylic acids is 1. The Morgan fingerprint density at radius 3 is 2.94 bits per heavy atom. The first kappa shape index (κ1) is 11.3. The van der Waals surface area contributed by atoms with Gasteiger partial charge in [0.2, 0.25) is 0 Å². The van der Waals surface area contributed by atoms with Gasteiger partial charge >= 0.3 is 0 Å². The van der Waals surface area contributed by atoms with Crippen LogP contribution < -0.4 is 5.32 Å². The third-order valence-electron chi connectivity index (χ3n) is 3.81. The summed E-state index contributed by atoms with van der Waals surface area (Å²) in [6.45, 7) is 2.13. The van der Waals surface area contributed by atoms with Gasteiger partial charge in [-0.15, -0.1) is 0 Å². The minimum Gasteiger partial charge on any atom is -0.375 e. The molecule has 1 heterocycles. The van der Waals surface area contributed by atoms with E-state index in [1.807, 2.05) is 6.08 Å². The molecule has 0 spiro atoms. The molecule has 92 valence electrons. The molecule has 18 heavy (non-hydrogen) atoms. The van der Waals surface area contributed by atoms with Gasteiger partial charge in [0.05, 0.1) is 11.7 Å². The van der Waals surface area contributed by atoms with Crippen molar-refractivity contribution in [1.82, 2.24) is 5.32 Å². The van der Waals surface area contributed by atoms with E-state index < -0.39 is 0 Å². The Kier molecular flexibility index (Phi) is 2.78. The predicted octanol–water partition coefficient (Wildman–Crippen LogP) is 3.20. The van der Waals surface area contributed by atoms with Crippen LogP contribution >= 0.6 is 0 Å². The number of rotatable bonds is 1. The van der Waals surface area contributed by atoms with Gasteiger partial charge in [-0.3, -0.25) is 4.79 Å². The summed E-state index contributed by atoms with van der Waals surface area (Å²) in [7, 11) is 0. The van der Waals surface area contributed by atoms with Crippen LogP contribution in [0.3, 0.4) is 0 Å². The van der Waals surface area contributed by atoms with Crippen molar-refractivity contribution < 1.29 is 4.79 Å². The van der Waals surface area contributed by atoms with Gasteiger partial charge in [0, 0.05) is 6.42 Å². The van der Waals surface area contributed by atoms with Crippen molar-refractivity contribution in [3.05, 3.63) is 58.8 Å². The van der Waals surface area contributed by atoms with Gasteiger partial charge in [0.1, 0.15) is 0 Å². The van der Waals surface area contributed by atoms with E-state index in [1.165, 1.54) is 16.7 Å². The summed E-state index contributed by atoms with van der Waals surface area (Å²) in [6, 6.07) is 8.68. The zero-order chi connectivity index (χ0) is 12.5. The molecule has 1 aromatic rings. The average molecular weight is 239 g/mol. The molecule has 1 N–H and O–H groups in total. The van der Waals surface area contributed by atoms with Crippen molar-refractivity contribution in [3.8, 4) is 0 Å².